The number of benzene rings is 1. The zero-order chi connectivity index (χ0) is 7.23. The van der Waals surface area contributed by atoms with E-state index < -0.39 is 0 Å². The van der Waals surface area contributed by atoms with Gasteiger partial charge in [0.2, 0.25) is 0 Å². The van der Waals surface area contributed by atoms with Crippen LogP contribution in [-0.4, -0.2) is 5.20 Å². The number of halogens is 1. The third-order valence-electron chi connectivity index (χ3n) is 1.26. The average molecular weight is 314 g/mol. The SMILES string of the molecule is I.[Zn][CH2]OCc1ccccc1. The molecule has 0 unspecified atom stereocenters. The van der Waals surface area contributed by atoms with E-state index in [9.17, 15) is 0 Å². The topological polar surface area (TPSA) is 9.23 Å². The quantitative estimate of drug-likeness (QED) is 0.615. The van der Waals surface area contributed by atoms with Crippen LogP contribution in [0, 0.1) is 0 Å². The van der Waals surface area contributed by atoms with Crippen molar-refractivity contribution in [2.24, 2.45) is 0 Å². The second kappa shape index (κ2) is 7.20. The van der Waals surface area contributed by atoms with Gasteiger partial charge in [0.25, 0.3) is 0 Å². The molecule has 0 saturated carbocycles. The van der Waals surface area contributed by atoms with Crippen LogP contribution in [0.4, 0.5) is 0 Å². The van der Waals surface area contributed by atoms with Crippen molar-refractivity contribution in [3.8, 4) is 0 Å². The molecule has 0 spiro atoms. The van der Waals surface area contributed by atoms with Gasteiger partial charge in [-0.15, -0.1) is 24.0 Å². The summed E-state index contributed by atoms with van der Waals surface area (Å²) in [5.74, 6) is 0. The Morgan fingerprint density at radius 1 is 1.18 bits per heavy atom. The molecule has 0 amide bonds. The molecule has 0 fully saturated rings. The molecule has 0 aliphatic heterocycles. The molecule has 11 heavy (non-hydrogen) atoms. The van der Waals surface area contributed by atoms with Gasteiger partial charge in [-0.2, -0.15) is 0 Å². The normalized spacial score (nSPS) is 8.91. The Balaban J connectivity index is 0.000001000. The predicted octanol–water partition coefficient (Wildman–Crippen LogP) is 2.33. The van der Waals surface area contributed by atoms with Gasteiger partial charge in [-0.1, -0.05) is 0 Å². The summed E-state index contributed by atoms with van der Waals surface area (Å²) in [6.07, 6.45) is 0. The first-order chi connectivity index (χ1) is 4.93. The molecule has 0 atom stereocenters. The van der Waals surface area contributed by atoms with E-state index in [4.69, 9.17) is 4.74 Å². The Hall–Kier alpha value is 0.533. The van der Waals surface area contributed by atoms with Gasteiger partial charge in [0.05, 0.1) is 0 Å². The second-order valence-electron chi connectivity index (χ2n) is 2.04. The summed E-state index contributed by atoms with van der Waals surface area (Å²) in [5, 5.41) is 0.912. The van der Waals surface area contributed by atoms with Gasteiger partial charge in [0.15, 0.2) is 0 Å². The molecule has 3 heteroatoms. The Kier molecular flexibility index (Phi) is 7.55. The van der Waals surface area contributed by atoms with Gasteiger partial charge in [-0.3, -0.25) is 0 Å². The molecular formula is C8H10IOZn. The van der Waals surface area contributed by atoms with Crippen molar-refractivity contribution >= 4 is 24.0 Å². The first kappa shape index (κ1) is 11.5. The molecule has 1 nitrogen and oxygen atoms in total. The molecule has 1 aromatic carbocycles. The van der Waals surface area contributed by atoms with Gasteiger partial charge in [0, 0.05) is 0 Å². The van der Waals surface area contributed by atoms with Crippen molar-refractivity contribution in [1.29, 1.82) is 0 Å². The van der Waals surface area contributed by atoms with Crippen molar-refractivity contribution in [2.75, 3.05) is 5.20 Å². The zero-order valence-corrected chi connectivity index (χ0v) is 11.6. The van der Waals surface area contributed by atoms with Crippen LogP contribution in [0.15, 0.2) is 30.3 Å². The third-order valence-corrected chi connectivity index (χ3v) is 1.86. The number of ether oxygens (including phenoxy) is 1. The minimum absolute atomic E-state index is 0. The monoisotopic (exact) mass is 313 g/mol. The number of hydrogen-bond donors (Lipinski definition) is 0. The summed E-state index contributed by atoms with van der Waals surface area (Å²) in [5.41, 5.74) is 1.26. The van der Waals surface area contributed by atoms with E-state index in [0.717, 1.165) is 11.8 Å². The predicted molar refractivity (Wildman–Crippen MR) is 51.5 cm³/mol. The molecule has 0 aromatic heterocycles. The number of hydrogen-bond acceptors (Lipinski definition) is 1. The fourth-order valence-electron chi connectivity index (χ4n) is 0.764. The average Bonchev–Trinajstić information content (AvgIpc) is 2.03. The molecule has 0 heterocycles. The van der Waals surface area contributed by atoms with Gasteiger partial charge >= 0.3 is 70.7 Å². The molecule has 0 N–H and O–H groups in total. The molecular weight excluding hydrogens is 304 g/mol. The third kappa shape index (κ3) is 4.88. The Morgan fingerprint density at radius 2 is 1.82 bits per heavy atom. The van der Waals surface area contributed by atoms with Crippen LogP contribution < -0.4 is 0 Å². The van der Waals surface area contributed by atoms with E-state index in [1.165, 1.54) is 23.9 Å². The van der Waals surface area contributed by atoms with Crippen molar-refractivity contribution < 1.29 is 23.0 Å². The van der Waals surface area contributed by atoms with E-state index in [1.807, 2.05) is 18.2 Å². The molecule has 0 radical (unpaired) electrons. The summed E-state index contributed by atoms with van der Waals surface area (Å²) in [7, 11) is 0. The Morgan fingerprint density at radius 3 is 2.36 bits per heavy atom. The molecule has 1 rings (SSSR count). The van der Waals surface area contributed by atoms with Crippen LogP contribution in [0.3, 0.4) is 0 Å². The van der Waals surface area contributed by atoms with E-state index in [1.54, 1.807) is 0 Å². The first-order valence-electron chi connectivity index (χ1n) is 3.34. The summed E-state index contributed by atoms with van der Waals surface area (Å²) in [4.78, 5) is 0. The molecule has 0 aliphatic carbocycles. The van der Waals surface area contributed by atoms with Crippen LogP contribution in [-0.2, 0) is 29.6 Å². The summed E-state index contributed by atoms with van der Waals surface area (Å²) in [6.45, 7) is 0.765. The van der Waals surface area contributed by atoms with E-state index in [2.05, 4.69) is 12.1 Å². The van der Waals surface area contributed by atoms with E-state index >= 15 is 0 Å². The first-order valence-corrected chi connectivity index (χ1v) is 5.44. The second-order valence-corrected chi connectivity index (χ2v) is 2.89. The zero-order valence-electron chi connectivity index (χ0n) is 6.32. The van der Waals surface area contributed by atoms with Crippen molar-refractivity contribution in [2.45, 2.75) is 6.61 Å². The van der Waals surface area contributed by atoms with Crippen molar-refractivity contribution in [1.82, 2.24) is 0 Å². The Bertz CT molecular complexity index is 179. The fraction of sp³-hybridized carbons (Fsp3) is 0.250. The van der Waals surface area contributed by atoms with E-state index in [-0.39, 0.29) is 24.0 Å². The fourth-order valence-corrected chi connectivity index (χ4v) is 1.07. The Labute approximate surface area is 94.2 Å². The van der Waals surface area contributed by atoms with Gasteiger partial charge in [-0.05, 0) is 0 Å². The standard InChI is InChI=1S/C8H9O.HI.Zn/c1-9-7-8-5-3-2-4-6-8;;/h2-6H,1,7H2;1H;. The van der Waals surface area contributed by atoms with Crippen molar-refractivity contribution in [3.05, 3.63) is 35.9 Å². The van der Waals surface area contributed by atoms with E-state index in [0.29, 0.717) is 0 Å². The summed E-state index contributed by atoms with van der Waals surface area (Å²) < 4.78 is 5.28. The van der Waals surface area contributed by atoms with Gasteiger partial charge in [0.1, 0.15) is 0 Å². The molecule has 0 aliphatic rings. The van der Waals surface area contributed by atoms with Crippen LogP contribution in [0.1, 0.15) is 5.56 Å². The molecule has 0 bridgehead atoms. The number of rotatable bonds is 3. The van der Waals surface area contributed by atoms with Crippen molar-refractivity contribution in [3.63, 3.8) is 0 Å². The summed E-state index contributed by atoms with van der Waals surface area (Å²) in [6, 6.07) is 10.2. The van der Waals surface area contributed by atoms with Gasteiger partial charge in [-0.25, -0.2) is 0 Å². The maximum absolute atomic E-state index is 5.28. The molecule has 1 aromatic rings. The van der Waals surface area contributed by atoms with Crippen LogP contribution in [0.2, 0.25) is 0 Å². The molecule has 57 valence electrons. The molecule has 0 saturated heterocycles. The van der Waals surface area contributed by atoms with Crippen LogP contribution >= 0.6 is 24.0 Å². The maximum atomic E-state index is 5.28. The van der Waals surface area contributed by atoms with Gasteiger partial charge < -0.3 is 0 Å². The van der Waals surface area contributed by atoms with Crippen LogP contribution in [0.5, 0.6) is 0 Å². The summed E-state index contributed by atoms with van der Waals surface area (Å²) >= 11 is 1.22. The van der Waals surface area contributed by atoms with Crippen LogP contribution in [0.25, 0.3) is 0 Å². The minimum atomic E-state index is 0.